The lowest BCUT2D eigenvalue weighted by molar-refractivity contribution is -0.129. The van der Waals surface area contributed by atoms with Gasteiger partial charge >= 0.3 is 0 Å². The van der Waals surface area contributed by atoms with E-state index in [-0.39, 0.29) is 17.6 Å². The predicted octanol–water partition coefficient (Wildman–Crippen LogP) is 5.42. The molecule has 0 unspecified atom stereocenters. The number of thioether (sulfide) groups is 1. The van der Waals surface area contributed by atoms with Crippen molar-refractivity contribution in [3.63, 3.8) is 0 Å². The molecule has 0 aliphatic carbocycles. The topological polar surface area (TPSA) is 104 Å². The molecule has 1 atom stereocenters. The van der Waals surface area contributed by atoms with Crippen LogP contribution in [0.3, 0.4) is 0 Å². The molecule has 41 heavy (non-hydrogen) atoms. The fourth-order valence-electron chi connectivity index (χ4n) is 5.11. The zero-order valence-electron chi connectivity index (χ0n) is 23.0. The van der Waals surface area contributed by atoms with Gasteiger partial charge in [-0.05, 0) is 60.2 Å². The van der Waals surface area contributed by atoms with Gasteiger partial charge in [-0.2, -0.15) is 5.26 Å². The molecule has 8 nitrogen and oxygen atoms in total. The maximum absolute atomic E-state index is 13.5. The van der Waals surface area contributed by atoms with Gasteiger partial charge in [0.15, 0.2) is 11.5 Å². The fourth-order valence-corrected chi connectivity index (χ4v) is 6.95. The molecule has 0 fully saturated rings. The van der Waals surface area contributed by atoms with Crippen LogP contribution >= 0.6 is 23.1 Å². The number of fused-ring (bicyclic) bond motifs is 1. The Bertz CT molecular complexity index is 1560. The standard InChI is InChI=1S/C31H30N4O4S2/c1-19-28(30(37)34-22-8-5-4-6-9-22)29(26-10-7-13-40-26)23(16-32)31(33-19)41-18-27(36)35-12-11-20-14-24(38-2)25(39-3)15-21(20)17-35/h4-10,13-15,29,33H,11-12,17-18H2,1-3H3,(H,34,37)/t29-/m0/s1. The van der Waals surface area contributed by atoms with Gasteiger partial charge in [0, 0.05) is 34.9 Å². The van der Waals surface area contributed by atoms with Crippen LogP contribution < -0.4 is 20.1 Å². The van der Waals surface area contributed by atoms with Crippen molar-refractivity contribution in [2.75, 3.05) is 31.8 Å². The number of anilines is 1. The number of ether oxygens (including phenoxy) is 2. The average molecular weight is 587 g/mol. The molecule has 3 heterocycles. The number of rotatable bonds is 8. The van der Waals surface area contributed by atoms with Crippen LogP contribution in [0.15, 0.2) is 81.8 Å². The van der Waals surface area contributed by atoms with Crippen molar-refractivity contribution in [1.29, 1.82) is 5.26 Å². The van der Waals surface area contributed by atoms with E-state index in [2.05, 4.69) is 16.7 Å². The number of allylic oxidation sites excluding steroid dienone is 2. The monoisotopic (exact) mass is 586 g/mol. The van der Waals surface area contributed by atoms with E-state index < -0.39 is 5.92 Å². The number of hydrogen-bond donors (Lipinski definition) is 2. The van der Waals surface area contributed by atoms with Gasteiger partial charge in [0.05, 0.1) is 42.6 Å². The summed E-state index contributed by atoms with van der Waals surface area (Å²) in [6.45, 7) is 2.91. The van der Waals surface area contributed by atoms with Crippen LogP contribution in [0.2, 0.25) is 0 Å². The number of thiophene rings is 1. The summed E-state index contributed by atoms with van der Waals surface area (Å²) in [6.07, 6.45) is 0.721. The smallest absolute Gasteiger partial charge is 0.254 e. The number of amides is 2. The number of nitriles is 1. The first kappa shape index (κ1) is 28.3. The summed E-state index contributed by atoms with van der Waals surface area (Å²) < 4.78 is 10.9. The molecule has 2 N–H and O–H groups in total. The average Bonchev–Trinajstić information content (AvgIpc) is 3.53. The molecule has 3 aromatic rings. The molecule has 2 amide bonds. The summed E-state index contributed by atoms with van der Waals surface area (Å²) in [6, 6.07) is 19.3. The quantitative estimate of drug-likeness (QED) is 0.363. The fraction of sp³-hybridized carbons (Fsp3) is 0.258. The lowest BCUT2D eigenvalue weighted by Crippen LogP contribution is -2.37. The molecule has 0 saturated heterocycles. The zero-order chi connectivity index (χ0) is 28.9. The largest absolute Gasteiger partial charge is 0.493 e. The van der Waals surface area contributed by atoms with Gasteiger partial charge in [0.25, 0.3) is 5.91 Å². The lowest BCUT2D eigenvalue weighted by atomic mass is 9.86. The SMILES string of the molecule is COc1cc2c(cc1OC)CN(C(=O)CSC1=C(C#N)[C@@H](c3cccs3)C(C(=O)Nc3ccccc3)=C(C)N1)CC2. The van der Waals surface area contributed by atoms with Crippen molar-refractivity contribution >= 4 is 40.6 Å². The molecule has 2 aliphatic heterocycles. The van der Waals surface area contributed by atoms with Crippen LogP contribution in [-0.2, 0) is 22.6 Å². The molecule has 5 rings (SSSR count). The van der Waals surface area contributed by atoms with Crippen molar-refractivity contribution in [2.45, 2.75) is 25.8 Å². The van der Waals surface area contributed by atoms with Crippen molar-refractivity contribution in [2.24, 2.45) is 0 Å². The first-order valence-electron chi connectivity index (χ1n) is 13.1. The van der Waals surface area contributed by atoms with Crippen LogP contribution in [0.4, 0.5) is 5.69 Å². The molecule has 2 aromatic carbocycles. The van der Waals surface area contributed by atoms with Crippen molar-refractivity contribution in [1.82, 2.24) is 10.2 Å². The molecule has 0 radical (unpaired) electrons. The highest BCUT2D eigenvalue weighted by atomic mass is 32.2. The maximum Gasteiger partial charge on any atom is 0.254 e. The van der Waals surface area contributed by atoms with Crippen LogP contribution in [0.5, 0.6) is 11.5 Å². The van der Waals surface area contributed by atoms with E-state index in [4.69, 9.17) is 9.47 Å². The Hall–Kier alpha value is -4.20. The molecular weight excluding hydrogens is 556 g/mol. The summed E-state index contributed by atoms with van der Waals surface area (Å²) in [5.41, 5.74) is 4.42. The Kier molecular flexibility index (Phi) is 8.67. The van der Waals surface area contributed by atoms with Crippen LogP contribution in [0.25, 0.3) is 0 Å². The predicted molar refractivity (Wildman–Crippen MR) is 162 cm³/mol. The minimum absolute atomic E-state index is 0.0241. The van der Waals surface area contributed by atoms with Crippen LogP contribution in [0, 0.1) is 11.3 Å². The number of carbonyl (C=O) groups excluding carboxylic acids is 2. The molecule has 0 saturated carbocycles. The number of nitrogens with one attached hydrogen (secondary N) is 2. The first-order chi connectivity index (χ1) is 19.9. The molecule has 1 aromatic heterocycles. The first-order valence-corrected chi connectivity index (χ1v) is 15.0. The summed E-state index contributed by atoms with van der Waals surface area (Å²) >= 11 is 2.79. The molecule has 0 spiro atoms. The van der Waals surface area contributed by atoms with Crippen LogP contribution in [0.1, 0.15) is 28.8 Å². The highest BCUT2D eigenvalue weighted by Gasteiger charge is 2.36. The lowest BCUT2D eigenvalue weighted by Gasteiger charge is -2.31. The summed E-state index contributed by atoms with van der Waals surface area (Å²) in [4.78, 5) is 29.5. The third kappa shape index (κ3) is 5.97. The van der Waals surface area contributed by atoms with Gasteiger partial charge < -0.3 is 25.0 Å². The van der Waals surface area contributed by atoms with Crippen molar-refractivity contribution < 1.29 is 19.1 Å². The number of benzene rings is 2. The Balaban J connectivity index is 1.35. The van der Waals surface area contributed by atoms with E-state index in [0.29, 0.717) is 52.1 Å². The van der Waals surface area contributed by atoms with Crippen LogP contribution in [-0.4, -0.2) is 43.2 Å². The second-order valence-corrected chi connectivity index (χ2v) is 11.6. The van der Waals surface area contributed by atoms with E-state index >= 15 is 0 Å². The Morgan fingerprint density at radius 3 is 2.51 bits per heavy atom. The number of hydrogen-bond acceptors (Lipinski definition) is 8. The number of nitrogens with zero attached hydrogens (tertiary/aromatic N) is 2. The maximum atomic E-state index is 13.5. The molecule has 0 bridgehead atoms. The highest BCUT2D eigenvalue weighted by Crippen LogP contribution is 2.42. The summed E-state index contributed by atoms with van der Waals surface area (Å²) in [7, 11) is 3.21. The minimum atomic E-state index is -0.535. The van der Waals surface area contributed by atoms with Gasteiger partial charge in [-0.1, -0.05) is 36.0 Å². The third-order valence-electron chi connectivity index (χ3n) is 7.16. The van der Waals surface area contributed by atoms with Gasteiger partial charge in [0.2, 0.25) is 5.91 Å². The van der Waals surface area contributed by atoms with Gasteiger partial charge in [0.1, 0.15) is 0 Å². The van der Waals surface area contributed by atoms with Crippen molar-refractivity contribution in [3.8, 4) is 17.6 Å². The van der Waals surface area contributed by atoms with Gasteiger partial charge in [-0.15, -0.1) is 11.3 Å². The van der Waals surface area contributed by atoms with E-state index in [1.807, 2.05) is 71.8 Å². The normalized spacial score (nSPS) is 16.4. The van der Waals surface area contributed by atoms with Gasteiger partial charge in [-0.3, -0.25) is 9.59 Å². The van der Waals surface area contributed by atoms with Crippen molar-refractivity contribution in [3.05, 3.63) is 97.9 Å². The third-order valence-corrected chi connectivity index (χ3v) is 9.10. The molecule has 210 valence electrons. The highest BCUT2D eigenvalue weighted by molar-refractivity contribution is 8.03. The van der Waals surface area contributed by atoms with E-state index in [9.17, 15) is 14.9 Å². The van der Waals surface area contributed by atoms with E-state index in [1.54, 1.807) is 14.2 Å². The van der Waals surface area contributed by atoms with E-state index in [1.165, 1.54) is 23.1 Å². The molecule has 2 aliphatic rings. The second kappa shape index (κ2) is 12.5. The zero-order valence-corrected chi connectivity index (χ0v) is 24.7. The number of methoxy groups -OCH3 is 2. The summed E-state index contributed by atoms with van der Waals surface area (Å²) in [5.74, 6) is 0.648. The number of carbonyl (C=O) groups is 2. The Morgan fingerprint density at radius 2 is 1.85 bits per heavy atom. The minimum Gasteiger partial charge on any atom is -0.493 e. The molecular formula is C31H30N4O4S2. The Morgan fingerprint density at radius 1 is 1.12 bits per heavy atom. The number of dihydropyridines is 1. The number of para-hydroxylation sites is 1. The molecule has 10 heteroatoms. The van der Waals surface area contributed by atoms with E-state index in [0.717, 1.165) is 22.4 Å². The second-order valence-electron chi connectivity index (χ2n) is 9.62. The summed E-state index contributed by atoms with van der Waals surface area (Å²) in [5, 5.41) is 19.1. The van der Waals surface area contributed by atoms with Gasteiger partial charge in [-0.25, -0.2) is 0 Å². The Labute approximate surface area is 247 Å².